The molecule has 0 saturated carbocycles. The second-order valence-corrected chi connectivity index (χ2v) is 3.88. The second-order valence-electron chi connectivity index (χ2n) is 2.79. The van der Waals surface area contributed by atoms with Crippen LogP contribution < -0.4 is 0 Å². The molecule has 1 aromatic carbocycles. The zero-order valence-electron chi connectivity index (χ0n) is 7.79. The van der Waals surface area contributed by atoms with Crippen LogP contribution in [0.4, 0.5) is 0 Å². The zero-order valence-corrected chi connectivity index (χ0v) is 8.61. The minimum Gasteiger partial charge on any atom is -0.245 e. The quantitative estimate of drug-likeness (QED) is 0.719. The highest BCUT2D eigenvalue weighted by atomic mass is 32.2. The van der Waals surface area contributed by atoms with Crippen molar-refractivity contribution in [2.45, 2.75) is 9.92 Å². The number of aromatic nitrogens is 2. The minimum absolute atomic E-state index is 0.669. The van der Waals surface area contributed by atoms with Crippen LogP contribution in [0.25, 0.3) is 0 Å². The smallest absolute Gasteiger partial charge is 0.116 e. The highest BCUT2D eigenvalue weighted by molar-refractivity contribution is 7.99. The number of benzene rings is 1. The fourth-order valence-electron chi connectivity index (χ4n) is 1.06. The van der Waals surface area contributed by atoms with Crippen LogP contribution in [0.3, 0.4) is 0 Å². The van der Waals surface area contributed by atoms with Gasteiger partial charge in [-0.05, 0) is 30.3 Å². The summed E-state index contributed by atoms with van der Waals surface area (Å²) in [5, 5.41) is 9.54. The van der Waals surface area contributed by atoms with Gasteiger partial charge in [-0.3, -0.25) is 0 Å². The molecule has 72 valence electrons. The van der Waals surface area contributed by atoms with Crippen molar-refractivity contribution in [3.05, 3.63) is 48.4 Å². The second kappa shape index (κ2) is 4.58. The minimum atomic E-state index is 0.669. The Hall–Kier alpha value is -1.86. The largest absolute Gasteiger partial charge is 0.245 e. The van der Waals surface area contributed by atoms with E-state index in [9.17, 15) is 0 Å². The first kappa shape index (κ1) is 9.69. The number of nitriles is 1. The highest BCUT2D eigenvalue weighted by Gasteiger charge is 1.97. The molecule has 0 unspecified atom stereocenters. The molecule has 1 aromatic heterocycles. The Kier molecular flexibility index (Phi) is 2.96. The van der Waals surface area contributed by atoms with Gasteiger partial charge in [0.1, 0.15) is 11.4 Å². The summed E-state index contributed by atoms with van der Waals surface area (Å²) in [5.74, 6) is 0. The lowest BCUT2D eigenvalue weighted by Crippen LogP contribution is -1.80. The van der Waals surface area contributed by atoms with Crippen molar-refractivity contribution >= 4 is 11.8 Å². The first-order valence-electron chi connectivity index (χ1n) is 4.32. The zero-order chi connectivity index (χ0) is 10.5. The van der Waals surface area contributed by atoms with Gasteiger partial charge in [0.2, 0.25) is 0 Å². The molecule has 0 aliphatic heterocycles. The molecular weight excluding hydrogens is 206 g/mol. The van der Waals surface area contributed by atoms with Crippen LogP contribution in [0, 0.1) is 11.3 Å². The van der Waals surface area contributed by atoms with Gasteiger partial charge >= 0.3 is 0 Å². The van der Waals surface area contributed by atoms with Crippen LogP contribution in [-0.2, 0) is 0 Å². The van der Waals surface area contributed by atoms with E-state index in [2.05, 4.69) is 16.0 Å². The van der Waals surface area contributed by atoms with Gasteiger partial charge in [-0.15, -0.1) is 0 Å². The number of hydrogen-bond donors (Lipinski definition) is 0. The Morgan fingerprint density at radius 1 is 1.13 bits per heavy atom. The van der Waals surface area contributed by atoms with Crippen molar-refractivity contribution in [3.8, 4) is 6.07 Å². The van der Waals surface area contributed by atoms with Crippen LogP contribution in [0.5, 0.6) is 0 Å². The summed E-state index contributed by atoms with van der Waals surface area (Å²) in [7, 11) is 0. The van der Waals surface area contributed by atoms with Crippen LogP contribution in [0.1, 0.15) is 5.56 Å². The van der Waals surface area contributed by atoms with Gasteiger partial charge in [-0.1, -0.05) is 11.8 Å². The molecule has 4 heteroatoms. The lowest BCUT2D eigenvalue weighted by atomic mass is 10.2. The molecule has 2 rings (SSSR count). The van der Waals surface area contributed by atoms with Crippen LogP contribution in [0.2, 0.25) is 0 Å². The number of nitrogens with zero attached hydrogens (tertiary/aromatic N) is 3. The molecule has 0 aliphatic rings. The molecule has 1 heterocycles. The molecule has 0 aliphatic carbocycles. The van der Waals surface area contributed by atoms with Crippen LogP contribution in [-0.4, -0.2) is 9.97 Å². The molecule has 0 N–H and O–H groups in total. The van der Waals surface area contributed by atoms with E-state index in [0.717, 1.165) is 9.92 Å². The first-order valence-corrected chi connectivity index (χ1v) is 5.14. The van der Waals surface area contributed by atoms with Crippen molar-refractivity contribution in [2.75, 3.05) is 0 Å². The molecular formula is C11H7N3S. The van der Waals surface area contributed by atoms with E-state index in [-0.39, 0.29) is 0 Å². The first-order chi connectivity index (χ1) is 7.38. The molecule has 0 saturated heterocycles. The Balaban J connectivity index is 2.16. The molecule has 0 amide bonds. The lowest BCUT2D eigenvalue weighted by Gasteiger charge is -1.99. The fourth-order valence-corrected chi connectivity index (χ4v) is 1.80. The predicted octanol–water partition coefficient (Wildman–Crippen LogP) is 2.50. The van der Waals surface area contributed by atoms with Gasteiger partial charge in [-0.25, -0.2) is 9.97 Å². The topological polar surface area (TPSA) is 49.6 Å². The molecule has 15 heavy (non-hydrogen) atoms. The normalized spacial score (nSPS) is 9.53. The van der Waals surface area contributed by atoms with Crippen LogP contribution in [0.15, 0.2) is 52.8 Å². The Morgan fingerprint density at radius 2 is 1.93 bits per heavy atom. The summed E-state index contributed by atoms with van der Waals surface area (Å²) in [5.41, 5.74) is 0.669. The number of rotatable bonds is 2. The van der Waals surface area contributed by atoms with E-state index in [0.29, 0.717) is 5.56 Å². The Morgan fingerprint density at radius 3 is 2.53 bits per heavy atom. The van der Waals surface area contributed by atoms with E-state index < -0.39 is 0 Å². The molecule has 2 aromatic rings. The van der Waals surface area contributed by atoms with Crippen molar-refractivity contribution in [1.29, 1.82) is 5.26 Å². The SMILES string of the molecule is N#Cc1ccc(Sc2ccncn2)cc1. The maximum absolute atomic E-state index is 8.64. The average molecular weight is 213 g/mol. The number of hydrogen-bond acceptors (Lipinski definition) is 4. The Labute approximate surface area is 91.8 Å². The molecule has 3 nitrogen and oxygen atoms in total. The third-order valence-electron chi connectivity index (χ3n) is 1.76. The monoisotopic (exact) mass is 213 g/mol. The van der Waals surface area contributed by atoms with E-state index in [1.54, 1.807) is 30.1 Å². The predicted molar refractivity (Wildman–Crippen MR) is 57.3 cm³/mol. The summed E-state index contributed by atoms with van der Waals surface area (Å²) >= 11 is 1.55. The maximum atomic E-state index is 8.64. The molecule has 0 atom stereocenters. The van der Waals surface area contributed by atoms with Crippen molar-refractivity contribution in [2.24, 2.45) is 0 Å². The lowest BCUT2D eigenvalue weighted by molar-refractivity contribution is 1.05. The third kappa shape index (κ3) is 2.55. The summed E-state index contributed by atoms with van der Waals surface area (Å²) in [4.78, 5) is 9.01. The summed E-state index contributed by atoms with van der Waals surface area (Å²) in [6, 6.07) is 11.3. The van der Waals surface area contributed by atoms with E-state index >= 15 is 0 Å². The summed E-state index contributed by atoms with van der Waals surface area (Å²) in [6.07, 6.45) is 3.23. The van der Waals surface area contributed by atoms with E-state index in [1.165, 1.54) is 6.33 Å². The van der Waals surface area contributed by atoms with Gasteiger partial charge < -0.3 is 0 Å². The van der Waals surface area contributed by atoms with Gasteiger partial charge in [0.05, 0.1) is 11.6 Å². The van der Waals surface area contributed by atoms with E-state index in [1.807, 2.05) is 18.2 Å². The van der Waals surface area contributed by atoms with Crippen LogP contribution >= 0.6 is 11.8 Å². The van der Waals surface area contributed by atoms with E-state index in [4.69, 9.17) is 5.26 Å². The molecule has 0 bridgehead atoms. The van der Waals surface area contributed by atoms with Crippen molar-refractivity contribution < 1.29 is 0 Å². The van der Waals surface area contributed by atoms with Gasteiger partial charge in [0, 0.05) is 11.1 Å². The maximum Gasteiger partial charge on any atom is 0.116 e. The standard InChI is InChI=1S/C11H7N3S/c12-7-9-1-3-10(4-2-9)15-11-5-6-13-8-14-11/h1-6,8H. The molecule has 0 fully saturated rings. The molecule has 0 spiro atoms. The Bertz CT molecular complexity index is 473. The summed E-state index contributed by atoms with van der Waals surface area (Å²) < 4.78 is 0. The van der Waals surface area contributed by atoms with Gasteiger partial charge in [-0.2, -0.15) is 5.26 Å². The highest BCUT2D eigenvalue weighted by Crippen LogP contribution is 2.25. The average Bonchev–Trinajstić information content (AvgIpc) is 2.31. The van der Waals surface area contributed by atoms with Crippen molar-refractivity contribution in [3.63, 3.8) is 0 Å². The van der Waals surface area contributed by atoms with Gasteiger partial charge in [0.25, 0.3) is 0 Å². The summed E-state index contributed by atoms with van der Waals surface area (Å²) in [6.45, 7) is 0. The third-order valence-corrected chi connectivity index (χ3v) is 2.72. The van der Waals surface area contributed by atoms with Crippen molar-refractivity contribution in [1.82, 2.24) is 9.97 Å². The molecule has 0 radical (unpaired) electrons. The fraction of sp³-hybridized carbons (Fsp3) is 0. The van der Waals surface area contributed by atoms with Gasteiger partial charge in [0.15, 0.2) is 0 Å².